The fourth-order valence-electron chi connectivity index (χ4n) is 3.95. The second-order valence-electron chi connectivity index (χ2n) is 7.42. The number of ether oxygens (including phenoxy) is 1. The average molecular weight is 368 g/mol. The molecular formula is C21H28N4O2. The van der Waals surface area contributed by atoms with Crippen LogP contribution in [0.4, 0.5) is 0 Å². The zero-order valence-electron chi connectivity index (χ0n) is 15.8. The van der Waals surface area contributed by atoms with Crippen LogP contribution in [0.25, 0.3) is 5.69 Å². The number of amides is 1. The molecule has 1 atom stereocenters. The highest BCUT2D eigenvalue weighted by atomic mass is 16.5. The molecule has 6 heteroatoms. The standard InChI is InChI=1S/C21H28N4O2/c26-21(20-16-18(6-8-22-20)24-11-4-5-12-24)25-13-7-19(17-25)27-15-14-23-9-2-1-3-10-23/h4-6,8,11-12,16,19H,1-3,7,9-10,13-15,17H2. The second kappa shape index (κ2) is 8.67. The Morgan fingerprint density at radius 2 is 1.96 bits per heavy atom. The van der Waals surface area contributed by atoms with Crippen molar-refractivity contribution in [1.82, 2.24) is 19.4 Å². The van der Waals surface area contributed by atoms with E-state index in [-0.39, 0.29) is 12.0 Å². The molecule has 0 N–H and O–H groups in total. The summed E-state index contributed by atoms with van der Waals surface area (Å²) in [4.78, 5) is 21.5. The van der Waals surface area contributed by atoms with E-state index >= 15 is 0 Å². The van der Waals surface area contributed by atoms with E-state index in [2.05, 4.69) is 9.88 Å². The summed E-state index contributed by atoms with van der Waals surface area (Å²) >= 11 is 0. The Labute approximate surface area is 160 Å². The van der Waals surface area contributed by atoms with Gasteiger partial charge in [-0.15, -0.1) is 0 Å². The maximum absolute atomic E-state index is 12.8. The van der Waals surface area contributed by atoms with Crippen molar-refractivity contribution in [2.75, 3.05) is 39.3 Å². The maximum atomic E-state index is 12.8. The summed E-state index contributed by atoms with van der Waals surface area (Å²) in [7, 11) is 0. The first-order valence-corrected chi connectivity index (χ1v) is 10.0. The first-order chi connectivity index (χ1) is 13.3. The second-order valence-corrected chi connectivity index (χ2v) is 7.42. The average Bonchev–Trinajstić information content (AvgIpc) is 3.41. The van der Waals surface area contributed by atoms with Gasteiger partial charge in [0.1, 0.15) is 5.69 Å². The number of nitrogens with zero attached hydrogens (tertiary/aromatic N) is 4. The van der Waals surface area contributed by atoms with Crippen molar-refractivity contribution >= 4 is 5.91 Å². The lowest BCUT2D eigenvalue weighted by atomic mass is 10.1. The molecule has 2 aliphatic heterocycles. The van der Waals surface area contributed by atoms with Gasteiger partial charge in [-0.2, -0.15) is 0 Å². The molecule has 6 nitrogen and oxygen atoms in total. The molecule has 0 bridgehead atoms. The SMILES string of the molecule is O=C(c1cc(-n2cccc2)ccn1)N1CCC(OCCN2CCCCC2)C1. The summed E-state index contributed by atoms with van der Waals surface area (Å²) in [5, 5.41) is 0. The van der Waals surface area contributed by atoms with Gasteiger partial charge in [-0.05, 0) is 56.6 Å². The first-order valence-electron chi connectivity index (χ1n) is 10.0. The summed E-state index contributed by atoms with van der Waals surface area (Å²) in [6, 6.07) is 7.70. The molecule has 1 amide bonds. The molecule has 0 spiro atoms. The van der Waals surface area contributed by atoms with Crippen LogP contribution in [0.5, 0.6) is 0 Å². The van der Waals surface area contributed by atoms with E-state index in [0.29, 0.717) is 12.2 Å². The van der Waals surface area contributed by atoms with Crippen LogP contribution in [0.1, 0.15) is 36.2 Å². The van der Waals surface area contributed by atoms with E-state index in [1.165, 1.54) is 32.4 Å². The molecule has 4 heterocycles. The van der Waals surface area contributed by atoms with Crippen molar-refractivity contribution < 1.29 is 9.53 Å². The highest BCUT2D eigenvalue weighted by Crippen LogP contribution is 2.17. The third-order valence-electron chi connectivity index (χ3n) is 5.51. The highest BCUT2D eigenvalue weighted by Gasteiger charge is 2.28. The van der Waals surface area contributed by atoms with Gasteiger partial charge < -0.3 is 19.1 Å². The van der Waals surface area contributed by atoms with E-state index in [0.717, 1.165) is 31.8 Å². The minimum absolute atomic E-state index is 0.00821. The van der Waals surface area contributed by atoms with E-state index in [1.807, 2.05) is 46.1 Å². The Bertz CT molecular complexity index is 740. The minimum atomic E-state index is -0.00821. The normalized spacial score (nSPS) is 20.9. The third kappa shape index (κ3) is 4.57. The van der Waals surface area contributed by atoms with Gasteiger partial charge in [-0.25, -0.2) is 0 Å². The topological polar surface area (TPSA) is 50.6 Å². The van der Waals surface area contributed by atoms with Gasteiger partial charge in [0.25, 0.3) is 5.91 Å². The van der Waals surface area contributed by atoms with E-state index < -0.39 is 0 Å². The van der Waals surface area contributed by atoms with Gasteiger partial charge >= 0.3 is 0 Å². The van der Waals surface area contributed by atoms with E-state index in [1.54, 1.807) is 6.20 Å². The summed E-state index contributed by atoms with van der Waals surface area (Å²) in [5.41, 5.74) is 1.45. The lowest BCUT2D eigenvalue weighted by Crippen LogP contribution is -2.34. The van der Waals surface area contributed by atoms with Crippen LogP contribution in [0.2, 0.25) is 0 Å². The fourth-order valence-corrected chi connectivity index (χ4v) is 3.95. The van der Waals surface area contributed by atoms with Crippen LogP contribution in [-0.4, -0.2) is 70.7 Å². The largest absolute Gasteiger partial charge is 0.375 e. The zero-order chi connectivity index (χ0) is 18.5. The molecule has 144 valence electrons. The zero-order valence-corrected chi connectivity index (χ0v) is 15.8. The van der Waals surface area contributed by atoms with Crippen molar-refractivity contribution in [3.05, 3.63) is 48.5 Å². The number of likely N-dealkylation sites (tertiary alicyclic amines) is 2. The van der Waals surface area contributed by atoms with Gasteiger partial charge in [0, 0.05) is 43.9 Å². The van der Waals surface area contributed by atoms with E-state index in [9.17, 15) is 4.79 Å². The van der Waals surface area contributed by atoms with Gasteiger partial charge in [-0.3, -0.25) is 9.78 Å². The third-order valence-corrected chi connectivity index (χ3v) is 5.51. The number of pyridine rings is 1. The molecule has 2 saturated heterocycles. The Morgan fingerprint density at radius 3 is 2.78 bits per heavy atom. The predicted octanol–water partition coefficient (Wildman–Crippen LogP) is 2.59. The number of aromatic nitrogens is 2. The summed E-state index contributed by atoms with van der Waals surface area (Å²) in [6.45, 7) is 5.56. The number of hydrogen-bond acceptors (Lipinski definition) is 4. The lowest BCUT2D eigenvalue weighted by Gasteiger charge is -2.26. The summed E-state index contributed by atoms with van der Waals surface area (Å²) in [6.07, 6.45) is 10.6. The van der Waals surface area contributed by atoms with Gasteiger partial charge in [0.05, 0.1) is 12.7 Å². The van der Waals surface area contributed by atoms with Crippen molar-refractivity contribution in [3.8, 4) is 5.69 Å². The molecule has 0 aromatic carbocycles. The van der Waals surface area contributed by atoms with Crippen LogP contribution in [0, 0.1) is 0 Å². The number of carbonyl (C=O) groups excluding carboxylic acids is 1. The number of rotatable bonds is 6. The maximum Gasteiger partial charge on any atom is 0.272 e. The molecule has 2 aliphatic rings. The quantitative estimate of drug-likeness (QED) is 0.786. The molecule has 2 aromatic rings. The highest BCUT2D eigenvalue weighted by molar-refractivity contribution is 5.93. The van der Waals surface area contributed by atoms with Crippen molar-refractivity contribution in [1.29, 1.82) is 0 Å². The first kappa shape index (κ1) is 18.2. The van der Waals surface area contributed by atoms with E-state index in [4.69, 9.17) is 4.74 Å². The Hall–Kier alpha value is -2.18. The molecule has 4 rings (SSSR count). The van der Waals surface area contributed by atoms with Gasteiger partial charge in [-0.1, -0.05) is 6.42 Å². The Kier molecular flexibility index (Phi) is 5.84. The van der Waals surface area contributed by atoms with Crippen LogP contribution < -0.4 is 0 Å². The predicted molar refractivity (Wildman–Crippen MR) is 104 cm³/mol. The number of piperidine rings is 1. The van der Waals surface area contributed by atoms with Crippen LogP contribution in [-0.2, 0) is 4.74 Å². The molecular weight excluding hydrogens is 340 g/mol. The van der Waals surface area contributed by atoms with Crippen LogP contribution in [0.15, 0.2) is 42.9 Å². The molecule has 2 aromatic heterocycles. The lowest BCUT2D eigenvalue weighted by molar-refractivity contribution is 0.0378. The van der Waals surface area contributed by atoms with Crippen LogP contribution in [0.3, 0.4) is 0 Å². The van der Waals surface area contributed by atoms with Crippen molar-refractivity contribution in [2.45, 2.75) is 31.8 Å². The molecule has 0 aliphatic carbocycles. The fraction of sp³-hybridized carbons (Fsp3) is 0.524. The van der Waals surface area contributed by atoms with Gasteiger partial charge in [0.15, 0.2) is 0 Å². The van der Waals surface area contributed by atoms with Crippen molar-refractivity contribution in [2.24, 2.45) is 0 Å². The number of hydrogen-bond donors (Lipinski definition) is 0. The molecule has 2 fully saturated rings. The minimum Gasteiger partial charge on any atom is -0.375 e. The molecule has 27 heavy (non-hydrogen) atoms. The molecule has 1 unspecified atom stereocenters. The number of carbonyl (C=O) groups is 1. The Balaban J connectivity index is 1.28. The smallest absolute Gasteiger partial charge is 0.272 e. The van der Waals surface area contributed by atoms with Crippen LogP contribution >= 0.6 is 0 Å². The monoisotopic (exact) mass is 368 g/mol. The molecule has 0 saturated carbocycles. The summed E-state index contributed by atoms with van der Waals surface area (Å²) < 4.78 is 8.03. The summed E-state index contributed by atoms with van der Waals surface area (Å²) in [5.74, 6) is -0.00821. The Morgan fingerprint density at radius 1 is 1.15 bits per heavy atom. The molecule has 0 radical (unpaired) electrons. The van der Waals surface area contributed by atoms with Crippen molar-refractivity contribution in [3.63, 3.8) is 0 Å². The van der Waals surface area contributed by atoms with Gasteiger partial charge in [0.2, 0.25) is 0 Å².